The molecule has 6 nitrogen and oxygen atoms in total. The largest absolute Gasteiger partial charge is 0.394 e. The molecular formula is C10H16N2O4S. The molecule has 2 fully saturated rings. The number of aliphatic hydroxyl groups is 3. The summed E-state index contributed by atoms with van der Waals surface area (Å²) in [4.78, 5) is 4.19. The van der Waals surface area contributed by atoms with E-state index in [9.17, 15) is 10.2 Å². The van der Waals surface area contributed by atoms with E-state index in [1.807, 2.05) is 0 Å². The topological polar surface area (TPSA) is 94.3 Å². The summed E-state index contributed by atoms with van der Waals surface area (Å²) in [5.74, 6) is 0. The van der Waals surface area contributed by atoms with Gasteiger partial charge in [0.2, 0.25) is 0 Å². The molecule has 0 amide bonds. The number of nitrogens with one attached hydrogen (secondary N) is 1. The molecule has 2 aliphatic rings. The van der Waals surface area contributed by atoms with Gasteiger partial charge in [-0.25, -0.2) is 0 Å². The second kappa shape index (κ2) is 5.36. The fraction of sp³-hybridized carbons (Fsp3) is 0.700. The molecule has 0 bridgehead atoms. The lowest BCUT2D eigenvalue weighted by molar-refractivity contribution is -0.167. The number of hydrogen-bond acceptors (Lipinski definition) is 6. The van der Waals surface area contributed by atoms with Crippen molar-refractivity contribution in [1.29, 1.82) is 0 Å². The molecule has 4 N–H and O–H groups in total. The highest BCUT2D eigenvalue weighted by Crippen LogP contribution is 2.33. The molecule has 2 saturated heterocycles. The molecule has 2 aliphatic heterocycles. The molecule has 0 spiro atoms. The minimum Gasteiger partial charge on any atom is -0.394 e. The lowest BCUT2D eigenvalue weighted by Gasteiger charge is -2.38. The third kappa shape index (κ3) is 2.48. The van der Waals surface area contributed by atoms with Crippen LogP contribution in [0.2, 0.25) is 0 Å². The van der Waals surface area contributed by atoms with Crippen molar-refractivity contribution in [2.75, 3.05) is 13.2 Å². The van der Waals surface area contributed by atoms with Gasteiger partial charge < -0.3 is 25.4 Å². The van der Waals surface area contributed by atoms with Crippen LogP contribution in [0.25, 0.3) is 0 Å². The molecule has 17 heavy (non-hydrogen) atoms. The zero-order chi connectivity index (χ0) is 12.4. The number of amidine groups is 1. The summed E-state index contributed by atoms with van der Waals surface area (Å²) in [5, 5.41) is 32.3. The number of aliphatic imine (C=N–C) groups is 1. The third-order valence-electron chi connectivity index (χ3n) is 2.76. The first-order valence-corrected chi connectivity index (χ1v) is 6.26. The van der Waals surface area contributed by atoms with Gasteiger partial charge in [0.05, 0.1) is 19.2 Å². The van der Waals surface area contributed by atoms with Crippen molar-refractivity contribution in [2.24, 2.45) is 4.99 Å². The van der Waals surface area contributed by atoms with Gasteiger partial charge in [-0.05, 0) is 0 Å². The van der Waals surface area contributed by atoms with E-state index in [0.29, 0.717) is 11.7 Å². The summed E-state index contributed by atoms with van der Waals surface area (Å²) in [7, 11) is 0. The van der Waals surface area contributed by atoms with Crippen molar-refractivity contribution in [1.82, 2.24) is 5.32 Å². The van der Waals surface area contributed by atoms with Crippen LogP contribution < -0.4 is 5.32 Å². The van der Waals surface area contributed by atoms with E-state index in [1.165, 1.54) is 11.8 Å². The van der Waals surface area contributed by atoms with Crippen LogP contribution >= 0.6 is 11.8 Å². The average Bonchev–Trinajstić information content (AvgIpc) is 2.74. The molecule has 2 rings (SSSR count). The predicted octanol–water partition coefficient (Wildman–Crippen LogP) is -1.33. The fourth-order valence-corrected chi connectivity index (χ4v) is 3.00. The van der Waals surface area contributed by atoms with Crippen molar-refractivity contribution in [3.05, 3.63) is 12.7 Å². The molecule has 0 aliphatic carbocycles. The number of nitrogens with zero attached hydrogens (tertiary/aromatic N) is 1. The maximum absolute atomic E-state index is 9.90. The maximum Gasteiger partial charge on any atom is 0.159 e. The quantitative estimate of drug-likeness (QED) is 0.470. The Balaban J connectivity index is 2.07. The predicted molar refractivity (Wildman–Crippen MR) is 64.8 cm³/mol. The van der Waals surface area contributed by atoms with Crippen molar-refractivity contribution in [3.8, 4) is 0 Å². The molecule has 0 aromatic rings. The minimum atomic E-state index is -1.09. The van der Waals surface area contributed by atoms with Crippen LogP contribution in [0.4, 0.5) is 0 Å². The highest BCUT2D eigenvalue weighted by Gasteiger charge is 2.48. The Morgan fingerprint density at radius 1 is 1.47 bits per heavy atom. The second-order valence-electron chi connectivity index (χ2n) is 3.93. The second-order valence-corrected chi connectivity index (χ2v) is 5.02. The van der Waals surface area contributed by atoms with Crippen molar-refractivity contribution >= 4 is 16.9 Å². The van der Waals surface area contributed by atoms with Gasteiger partial charge in [-0.2, -0.15) is 0 Å². The Kier molecular flexibility index (Phi) is 4.05. The van der Waals surface area contributed by atoms with E-state index in [4.69, 9.17) is 9.84 Å². The SMILES string of the molecule is C=CCN=C1NC2[C@@H](O)[C@H](O)[C@@H](CO)O[C@H]2S1. The highest BCUT2D eigenvalue weighted by molar-refractivity contribution is 8.14. The van der Waals surface area contributed by atoms with Crippen molar-refractivity contribution in [3.63, 3.8) is 0 Å². The van der Waals surface area contributed by atoms with Crippen molar-refractivity contribution < 1.29 is 20.1 Å². The number of fused-ring (bicyclic) bond motifs is 1. The number of hydrogen-bond donors (Lipinski definition) is 4. The molecule has 1 unspecified atom stereocenters. The van der Waals surface area contributed by atoms with Gasteiger partial charge in [0.1, 0.15) is 23.7 Å². The normalized spacial score (nSPS) is 43.2. The third-order valence-corrected chi connectivity index (χ3v) is 3.87. The van der Waals surface area contributed by atoms with E-state index >= 15 is 0 Å². The van der Waals surface area contributed by atoms with E-state index < -0.39 is 24.4 Å². The number of rotatable bonds is 3. The van der Waals surface area contributed by atoms with Gasteiger partial charge in [-0.3, -0.25) is 4.99 Å². The molecule has 5 atom stereocenters. The Labute approximate surface area is 103 Å². The van der Waals surface area contributed by atoms with E-state index in [0.717, 1.165) is 0 Å². The van der Waals surface area contributed by atoms with E-state index in [2.05, 4.69) is 16.9 Å². The summed E-state index contributed by atoms with van der Waals surface area (Å²) in [6.45, 7) is 3.73. The molecular weight excluding hydrogens is 244 g/mol. The zero-order valence-electron chi connectivity index (χ0n) is 9.19. The first kappa shape index (κ1) is 12.8. The molecule has 0 radical (unpaired) electrons. The van der Waals surface area contributed by atoms with Gasteiger partial charge in [0, 0.05) is 0 Å². The van der Waals surface area contributed by atoms with Crippen LogP contribution in [-0.2, 0) is 4.74 Å². The Morgan fingerprint density at radius 3 is 2.88 bits per heavy atom. The van der Waals surface area contributed by atoms with Crippen molar-refractivity contribution in [2.45, 2.75) is 29.8 Å². The average molecular weight is 260 g/mol. The molecule has 7 heteroatoms. The van der Waals surface area contributed by atoms with Crippen LogP contribution in [0.15, 0.2) is 17.6 Å². The molecule has 2 heterocycles. The Hall–Kier alpha value is -0.600. The summed E-state index contributed by atoms with van der Waals surface area (Å²) in [6.07, 6.45) is -1.15. The number of aliphatic hydroxyl groups excluding tert-OH is 3. The first-order valence-electron chi connectivity index (χ1n) is 5.38. The number of thioether (sulfide) groups is 1. The molecule has 0 saturated carbocycles. The van der Waals surface area contributed by atoms with Gasteiger partial charge in [0.15, 0.2) is 5.17 Å². The van der Waals surface area contributed by atoms with Gasteiger partial charge in [-0.1, -0.05) is 17.8 Å². The lowest BCUT2D eigenvalue weighted by Crippen LogP contribution is -2.59. The van der Waals surface area contributed by atoms with Crippen LogP contribution in [-0.4, -0.2) is 63.4 Å². The van der Waals surface area contributed by atoms with E-state index in [-0.39, 0.29) is 12.0 Å². The molecule has 0 aromatic carbocycles. The minimum absolute atomic E-state index is 0.318. The van der Waals surface area contributed by atoms with Gasteiger partial charge in [-0.15, -0.1) is 6.58 Å². The van der Waals surface area contributed by atoms with Gasteiger partial charge in [0.25, 0.3) is 0 Å². The van der Waals surface area contributed by atoms with Crippen LogP contribution in [0.5, 0.6) is 0 Å². The monoisotopic (exact) mass is 260 g/mol. The smallest absolute Gasteiger partial charge is 0.159 e. The summed E-state index contributed by atoms with van der Waals surface area (Å²) in [5.41, 5.74) is -0.339. The Bertz CT molecular complexity index is 325. The van der Waals surface area contributed by atoms with Crippen LogP contribution in [0, 0.1) is 0 Å². The van der Waals surface area contributed by atoms with Crippen LogP contribution in [0.1, 0.15) is 0 Å². The molecule has 96 valence electrons. The Morgan fingerprint density at radius 2 is 2.24 bits per heavy atom. The summed E-state index contributed by atoms with van der Waals surface area (Å²) >= 11 is 1.35. The lowest BCUT2D eigenvalue weighted by atomic mass is 9.98. The molecule has 0 aromatic heterocycles. The zero-order valence-corrected chi connectivity index (χ0v) is 10.0. The fourth-order valence-electron chi connectivity index (χ4n) is 1.85. The number of ether oxygens (including phenoxy) is 1. The summed E-state index contributed by atoms with van der Waals surface area (Å²) < 4.78 is 5.49. The van der Waals surface area contributed by atoms with E-state index in [1.54, 1.807) is 6.08 Å². The standard InChI is InChI=1S/C10H16N2O4S/c1-2-3-11-10-12-6-8(15)7(14)5(4-13)16-9(6)17-10/h2,5-9,13-15H,1,3-4H2,(H,11,12)/t5-,6?,7-,8-,9+/m1/s1. The highest BCUT2D eigenvalue weighted by atomic mass is 32.2. The van der Waals surface area contributed by atoms with Gasteiger partial charge >= 0.3 is 0 Å². The first-order chi connectivity index (χ1) is 8.17. The van der Waals surface area contributed by atoms with Crippen LogP contribution in [0.3, 0.4) is 0 Å². The maximum atomic E-state index is 9.90. The summed E-state index contributed by atoms with van der Waals surface area (Å²) in [6, 6.07) is -0.402.